The molecule has 0 radical (unpaired) electrons. The summed E-state index contributed by atoms with van der Waals surface area (Å²) < 4.78 is 11.0. The van der Waals surface area contributed by atoms with Crippen LogP contribution in [0.1, 0.15) is 32.3 Å². The second-order valence-corrected chi connectivity index (χ2v) is 6.10. The number of hydrogen-bond donors (Lipinski definition) is 1. The van der Waals surface area contributed by atoms with E-state index in [1.54, 1.807) is 0 Å². The van der Waals surface area contributed by atoms with Crippen molar-refractivity contribution in [2.45, 2.75) is 39.2 Å². The highest BCUT2D eigenvalue weighted by atomic mass is 16.5. The summed E-state index contributed by atoms with van der Waals surface area (Å²) in [5.41, 5.74) is 1.28. The number of amides is 1. The second kappa shape index (κ2) is 10.4. The summed E-state index contributed by atoms with van der Waals surface area (Å²) in [5, 5.41) is 2.97. The standard InChI is InChI=1S/C21H27NO3/c1-3-15-24-19-11-13-20(14-12-19)25-16-21(23)22-17(2)9-10-18-7-5-4-6-8-18/h4-8,11-14,17H,3,9-10,15-16H2,1-2H3,(H,22,23). The average Bonchev–Trinajstić information content (AvgIpc) is 2.65. The highest BCUT2D eigenvalue weighted by Gasteiger charge is 2.08. The lowest BCUT2D eigenvalue weighted by molar-refractivity contribution is -0.123. The lowest BCUT2D eigenvalue weighted by Gasteiger charge is -2.14. The molecule has 0 aliphatic carbocycles. The summed E-state index contributed by atoms with van der Waals surface area (Å²) >= 11 is 0. The molecule has 0 saturated carbocycles. The molecule has 0 aliphatic rings. The molecule has 2 aromatic carbocycles. The van der Waals surface area contributed by atoms with Gasteiger partial charge in [0.2, 0.25) is 0 Å². The van der Waals surface area contributed by atoms with Crippen molar-refractivity contribution in [2.75, 3.05) is 13.2 Å². The molecule has 2 rings (SSSR count). The molecule has 1 atom stereocenters. The minimum atomic E-state index is -0.105. The van der Waals surface area contributed by atoms with E-state index in [4.69, 9.17) is 9.47 Å². The molecule has 1 unspecified atom stereocenters. The number of carbonyl (C=O) groups is 1. The molecule has 4 nitrogen and oxygen atoms in total. The van der Waals surface area contributed by atoms with E-state index in [0.29, 0.717) is 12.4 Å². The summed E-state index contributed by atoms with van der Waals surface area (Å²) in [6.07, 6.45) is 2.82. The topological polar surface area (TPSA) is 47.6 Å². The van der Waals surface area contributed by atoms with Crippen molar-refractivity contribution in [3.63, 3.8) is 0 Å². The van der Waals surface area contributed by atoms with E-state index >= 15 is 0 Å². The molecule has 0 aliphatic heterocycles. The van der Waals surface area contributed by atoms with Crippen molar-refractivity contribution in [3.8, 4) is 11.5 Å². The van der Waals surface area contributed by atoms with Gasteiger partial charge in [0.1, 0.15) is 11.5 Å². The van der Waals surface area contributed by atoms with Gasteiger partial charge in [-0.25, -0.2) is 0 Å². The van der Waals surface area contributed by atoms with Gasteiger partial charge in [-0.2, -0.15) is 0 Å². The van der Waals surface area contributed by atoms with Gasteiger partial charge in [-0.05, 0) is 56.0 Å². The number of benzene rings is 2. The molecule has 2 aromatic rings. The molecule has 0 bridgehead atoms. The molecule has 134 valence electrons. The molecule has 0 aromatic heterocycles. The molecule has 25 heavy (non-hydrogen) atoms. The quantitative estimate of drug-likeness (QED) is 0.711. The monoisotopic (exact) mass is 341 g/mol. The highest BCUT2D eigenvalue weighted by molar-refractivity contribution is 5.77. The van der Waals surface area contributed by atoms with E-state index in [0.717, 1.165) is 25.0 Å². The van der Waals surface area contributed by atoms with Crippen LogP contribution in [0.4, 0.5) is 0 Å². The highest BCUT2D eigenvalue weighted by Crippen LogP contribution is 2.17. The molecule has 1 N–H and O–H groups in total. The van der Waals surface area contributed by atoms with Crippen LogP contribution in [0.2, 0.25) is 0 Å². The Morgan fingerprint density at radius 3 is 2.28 bits per heavy atom. The van der Waals surface area contributed by atoms with Crippen molar-refractivity contribution < 1.29 is 14.3 Å². The first-order chi connectivity index (χ1) is 12.2. The van der Waals surface area contributed by atoms with Crippen molar-refractivity contribution >= 4 is 5.91 Å². The van der Waals surface area contributed by atoms with Crippen LogP contribution >= 0.6 is 0 Å². The summed E-state index contributed by atoms with van der Waals surface area (Å²) in [7, 11) is 0. The van der Waals surface area contributed by atoms with Crippen LogP contribution in [0.3, 0.4) is 0 Å². The van der Waals surface area contributed by atoms with Gasteiger partial charge in [-0.15, -0.1) is 0 Å². The van der Waals surface area contributed by atoms with Gasteiger partial charge in [0.25, 0.3) is 5.91 Å². The predicted molar refractivity (Wildman–Crippen MR) is 100 cm³/mol. The zero-order valence-corrected chi connectivity index (χ0v) is 15.0. The van der Waals surface area contributed by atoms with E-state index in [1.165, 1.54) is 5.56 Å². The maximum atomic E-state index is 12.0. The smallest absolute Gasteiger partial charge is 0.258 e. The SMILES string of the molecule is CCCOc1ccc(OCC(=O)NC(C)CCc2ccccc2)cc1. The lowest BCUT2D eigenvalue weighted by Crippen LogP contribution is -2.36. The summed E-state index contributed by atoms with van der Waals surface area (Å²) in [5.74, 6) is 1.37. The van der Waals surface area contributed by atoms with Crippen LogP contribution in [0.25, 0.3) is 0 Å². The second-order valence-electron chi connectivity index (χ2n) is 6.10. The van der Waals surface area contributed by atoms with Gasteiger partial charge in [-0.1, -0.05) is 37.3 Å². The van der Waals surface area contributed by atoms with Gasteiger partial charge in [0, 0.05) is 6.04 Å². The van der Waals surface area contributed by atoms with E-state index in [1.807, 2.05) is 49.4 Å². The number of ether oxygens (including phenoxy) is 2. The van der Waals surface area contributed by atoms with Crippen molar-refractivity contribution in [3.05, 3.63) is 60.2 Å². The molecule has 4 heteroatoms. The first kappa shape index (κ1) is 18.8. The van der Waals surface area contributed by atoms with Gasteiger partial charge >= 0.3 is 0 Å². The zero-order chi connectivity index (χ0) is 17.9. The van der Waals surface area contributed by atoms with Crippen LogP contribution in [0.5, 0.6) is 11.5 Å². The fourth-order valence-corrected chi connectivity index (χ4v) is 2.42. The summed E-state index contributed by atoms with van der Waals surface area (Å²) in [6.45, 7) is 4.80. The van der Waals surface area contributed by atoms with Crippen LogP contribution < -0.4 is 14.8 Å². The van der Waals surface area contributed by atoms with Crippen molar-refractivity contribution in [1.82, 2.24) is 5.32 Å². The Balaban J connectivity index is 1.67. The summed E-state index contributed by atoms with van der Waals surface area (Å²) in [4.78, 5) is 12.0. The lowest BCUT2D eigenvalue weighted by atomic mass is 10.1. The predicted octanol–water partition coefficient (Wildman–Crippen LogP) is 3.99. The largest absolute Gasteiger partial charge is 0.494 e. The van der Waals surface area contributed by atoms with Gasteiger partial charge in [0.05, 0.1) is 6.61 Å². The summed E-state index contributed by atoms with van der Waals surface area (Å²) in [6, 6.07) is 17.7. The van der Waals surface area contributed by atoms with Crippen molar-refractivity contribution in [1.29, 1.82) is 0 Å². The molecular weight excluding hydrogens is 314 g/mol. The van der Waals surface area contributed by atoms with Crippen LogP contribution in [-0.4, -0.2) is 25.2 Å². The average molecular weight is 341 g/mol. The van der Waals surface area contributed by atoms with E-state index in [-0.39, 0.29) is 18.6 Å². The Morgan fingerprint density at radius 2 is 1.64 bits per heavy atom. The van der Waals surface area contributed by atoms with Crippen LogP contribution in [0, 0.1) is 0 Å². The normalized spacial score (nSPS) is 11.6. The third-order valence-electron chi connectivity index (χ3n) is 3.78. The Kier molecular flexibility index (Phi) is 7.83. The van der Waals surface area contributed by atoms with E-state index in [2.05, 4.69) is 24.4 Å². The first-order valence-electron chi connectivity index (χ1n) is 8.86. The van der Waals surface area contributed by atoms with Gasteiger partial charge in [-0.3, -0.25) is 4.79 Å². The van der Waals surface area contributed by atoms with E-state index < -0.39 is 0 Å². The van der Waals surface area contributed by atoms with Crippen molar-refractivity contribution in [2.24, 2.45) is 0 Å². The maximum Gasteiger partial charge on any atom is 0.258 e. The van der Waals surface area contributed by atoms with E-state index in [9.17, 15) is 4.79 Å². The fourth-order valence-electron chi connectivity index (χ4n) is 2.42. The number of nitrogens with one attached hydrogen (secondary N) is 1. The number of hydrogen-bond acceptors (Lipinski definition) is 3. The molecule has 0 spiro atoms. The third-order valence-corrected chi connectivity index (χ3v) is 3.78. The minimum Gasteiger partial charge on any atom is -0.494 e. The maximum absolute atomic E-state index is 12.0. The first-order valence-corrected chi connectivity index (χ1v) is 8.86. The third kappa shape index (κ3) is 7.29. The Hall–Kier alpha value is -2.49. The molecule has 0 saturated heterocycles. The van der Waals surface area contributed by atoms with Gasteiger partial charge in [0.15, 0.2) is 6.61 Å². The zero-order valence-electron chi connectivity index (χ0n) is 15.0. The Bertz CT molecular complexity index is 625. The van der Waals surface area contributed by atoms with Crippen LogP contribution in [-0.2, 0) is 11.2 Å². The Morgan fingerprint density at radius 1 is 1.00 bits per heavy atom. The molecule has 0 fully saturated rings. The number of rotatable bonds is 10. The van der Waals surface area contributed by atoms with Crippen LogP contribution in [0.15, 0.2) is 54.6 Å². The van der Waals surface area contributed by atoms with Gasteiger partial charge < -0.3 is 14.8 Å². The minimum absolute atomic E-state index is 0.0187. The fraction of sp³-hybridized carbons (Fsp3) is 0.381. The number of carbonyl (C=O) groups excluding carboxylic acids is 1. The molecule has 1 amide bonds. The molecule has 0 heterocycles. The Labute approximate surface area is 150 Å². The number of aryl methyl sites for hydroxylation is 1. The molecular formula is C21H27NO3.